The molecule has 0 spiro atoms. The number of aliphatic hydroxyl groups is 1. The molecule has 1 aromatic carbocycles. The first kappa shape index (κ1) is 13.5. The number of halogens is 1. The van der Waals surface area contributed by atoms with Crippen molar-refractivity contribution >= 4 is 23.2 Å². The predicted octanol–water partition coefficient (Wildman–Crippen LogP) is 1.10. The lowest BCUT2D eigenvalue weighted by atomic mass is 10.3. The molecule has 0 aliphatic carbocycles. The molecule has 0 saturated heterocycles. The molecule has 0 aliphatic rings. The third kappa shape index (κ3) is 4.04. The normalized spacial score (nSPS) is 10.4. The molecule has 6 nitrogen and oxygen atoms in total. The van der Waals surface area contributed by atoms with Crippen LogP contribution in [0, 0.1) is 0 Å². The Labute approximate surface area is 115 Å². The number of carbonyl (C=O) groups is 1. The Hall–Kier alpha value is -1.92. The number of carbonyl (C=O) groups excluding carboxylic acids is 1. The molecule has 19 heavy (non-hydrogen) atoms. The SMILES string of the molecule is O=C(Cn1cc(CCO)nn1)Nc1cccc(Cl)c1. The van der Waals surface area contributed by atoms with E-state index in [0.29, 0.717) is 22.8 Å². The maximum Gasteiger partial charge on any atom is 0.246 e. The van der Waals surface area contributed by atoms with E-state index < -0.39 is 0 Å². The van der Waals surface area contributed by atoms with Crippen LogP contribution in [0.4, 0.5) is 5.69 Å². The smallest absolute Gasteiger partial charge is 0.246 e. The number of amides is 1. The summed E-state index contributed by atoms with van der Waals surface area (Å²) >= 11 is 5.82. The van der Waals surface area contributed by atoms with Crippen molar-refractivity contribution in [3.63, 3.8) is 0 Å². The standard InChI is InChI=1S/C12H13ClN4O2/c13-9-2-1-3-10(6-9)14-12(19)8-17-7-11(4-5-18)15-16-17/h1-3,6-7,18H,4-5,8H2,(H,14,19). The second-order valence-corrected chi connectivity index (χ2v) is 4.38. The molecule has 1 aromatic heterocycles. The summed E-state index contributed by atoms with van der Waals surface area (Å²) in [5.41, 5.74) is 1.28. The summed E-state index contributed by atoms with van der Waals surface area (Å²) in [4.78, 5) is 11.8. The largest absolute Gasteiger partial charge is 0.396 e. The van der Waals surface area contributed by atoms with E-state index in [0.717, 1.165) is 0 Å². The molecule has 0 aliphatic heterocycles. The fourth-order valence-corrected chi connectivity index (χ4v) is 1.75. The van der Waals surface area contributed by atoms with Gasteiger partial charge in [0.15, 0.2) is 0 Å². The molecule has 0 saturated carbocycles. The lowest BCUT2D eigenvalue weighted by Crippen LogP contribution is -2.19. The maximum atomic E-state index is 11.8. The second kappa shape index (κ2) is 6.31. The maximum absolute atomic E-state index is 11.8. The van der Waals surface area contributed by atoms with Crippen LogP contribution in [0.5, 0.6) is 0 Å². The van der Waals surface area contributed by atoms with E-state index in [1.807, 2.05) is 0 Å². The Morgan fingerprint density at radius 2 is 2.32 bits per heavy atom. The molecule has 0 unspecified atom stereocenters. The summed E-state index contributed by atoms with van der Waals surface area (Å²) in [6.07, 6.45) is 2.06. The minimum absolute atomic E-state index is 0.00735. The van der Waals surface area contributed by atoms with Crippen LogP contribution in [-0.2, 0) is 17.8 Å². The number of nitrogens with zero attached hydrogens (tertiary/aromatic N) is 3. The van der Waals surface area contributed by atoms with Gasteiger partial charge in [0, 0.05) is 29.9 Å². The predicted molar refractivity (Wildman–Crippen MR) is 70.9 cm³/mol. The zero-order chi connectivity index (χ0) is 13.7. The molecule has 1 amide bonds. The summed E-state index contributed by atoms with van der Waals surface area (Å²) in [6, 6.07) is 6.91. The van der Waals surface area contributed by atoms with E-state index in [2.05, 4.69) is 15.6 Å². The lowest BCUT2D eigenvalue weighted by molar-refractivity contribution is -0.116. The van der Waals surface area contributed by atoms with Crippen molar-refractivity contribution in [1.82, 2.24) is 15.0 Å². The number of hydrogen-bond acceptors (Lipinski definition) is 4. The van der Waals surface area contributed by atoms with Crippen LogP contribution in [0.25, 0.3) is 0 Å². The van der Waals surface area contributed by atoms with Crippen molar-refractivity contribution in [2.24, 2.45) is 0 Å². The number of rotatable bonds is 5. The fraction of sp³-hybridized carbons (Fsp3) is 0.250. The topological polar surface area (TPSA) is 80.0 Å². The van der Waals surface area contributed by atoms with E-state index in [4.69, 9.17) is 16.7 Å². The number of nitrogens with one attached hydrogen (secondary N) is 1. The Kier molecular flexibility index (Phi) is 4.48. The summed E-state index contributed by atoms with van der Waals surface area (Å²) in [5, 5.41) is 19.7. The van der Waals surface area contributed by atoms with Gasteiger partial charge in [0.05, 0.1) is 5.69 Å². The summed E-state index contributed by atoms with van der Waals surface area (Å²) in [6.45, 7) is 0.0678. The first-order valence-corrected chi connectivity index (χ1v) is 6.10. The first-order valence-electron chi connectivity index (χ1n) is 5.72. The van der Waals surface area contributed by atoms with Crippen LogP contribution in [0.2, 0.25) is 5.02 Å². The number of aliphatic hydroxyl groups excluding tert-OH is 1. The van der Waals surface area contributed by atoms with Gasteiger partial charge in [0.25, 0.3) is 0 Å². The van der Waals surface area contributed by atoms with Crippen molar-refractivity contribution in [1.29, 1.82) is 0 Å². The van der Waals surface area contributed by atoms with Gasteiger partial charge in [-0.2, -0.15) is 0 Å². The van der Waals surface area contributed by atoms with Gasteiger partial charge in [-0.15, -0.1) is 5.10 Å². The third-order valence-electron chi connectivity index (χ3n) is 2.37. The van der Waals surface area contributed by atoms with Crippen molar-refractivity contribution in [3.8, 4) is 0 Å². The molecule has 0 bridgehead atoms. The molecule has 7 heteroatoms. The minimum atomic E-state index is -0.220. The van der Waals surface area contributed by atoms with Crippen LogP contribution in [-0.4, -0.2) is 32.6 Å². The van der Waals surface area contributed by atoms with Crippen molar-refractivity contribution in [2.45, 2.75) is 13.0 Å². The molecule has 2 rings (SSSR count). The van der Waals surface area contributed by atoms with Crippen molar-refractivity contribution in [3.05, 3.63) is 41.2 Å². The number of aromatic nitrogens is 3. The zero-order valence-corrected chi connectivity index (χ0v) is 10.8. The van der Waals surface area contributed by atoms with E-state index in [-0.39, 0.29) is 19.1 Å². The molecular weight excluding hydrogens is 268 g/mol. The number of benzene rings is 1. The van der Waals surface area contributed by atoms with Crippen molar-refractivity contribution in [2.75, 3.05) is 11.9 Å². The highest BCUT2D eigenvalue weighted by atomic mass is 35.5. The van der Waals surface area contributed by atoms with Gasteiger partial charge in [-0.25, -0.2) is 4.68 Å². The average molecular weight is 281 g/mol. The molecular formula is C12H13ClN4O2. The van der Waals surface area contributed by atoms with E-state index >= 15 is 0 Å². The third-order valence-corrected chi connectivity index (χ3v) is 2.60. The van der Waals surface area contributed by atoms with Gasteiger partial charge in [-0.3, -0.25) is 4.79 Å². The minimum Gasteiger partial charge on any atom is -0.396 e. The highest BCUT2D eigenvalue weighted by molar-refractivity contribution is 6.30. The molecule has 2 N–H and O–H groups in total. The second-order valence-electron chi connectivity index (χ2n) is 3.94. The number of anilines is 1. The Balaban J connectivity index is 1.93. The van der Waals surface area contributed by atoms with Crippen LogP contribution in [0.3, 0.4) is 0 Å². The molecule has 0 radical (unpaired) electrons. The molecule has 100 valence electrons. The number of hydrogen-bond donors (Lipinski definition) is 2. The summed E-state index contributed by atoms with van der Waals surface area (Å²) in [7, 11) is 0. The van der Waals surface area contributed by atoms with Crippen molar-refractivity contribution < 1.29 is 9.90 Å². The first-order chi connectivity index (χ1) is 9.17. The average Bonchev–Trinajstić information content (AvgIpc) is 2.77. The molecule has 0 fully saturated rings. The highest BCUT2D eigenvalue weighted by Gasteiger charge is 2.06. The Morgan fingerprint density at radius 3 is 3.05 bits per heavy atom. The summed E-state index contributed by atoms with van der Waals surface area (Å²) in [5.74, 6) is -0.220. The van der Waals surface area contributed by atoms with E-state index in [9.17, 15) is 4.79 Å². The van der Waals surface area contributed by atoms with Gasteiger partial charge in [-0.1, -0.05) is 22.9 Å². The summed E-state index contributed by atoms with van der Waals surface area (Å²) < 4.78 is 1.42. The van der Waals surface area contributed by atoms with E-state index in [1.54, 1.807) is 30.5 Å². The lowest BCUT2D eigenvalue weighted by Gasteiger charge is -2.04. The van der Waals surface area contributed by atoms with Gasteiger partial charge < -0.3 is 10.4 Å². The Bertz CT molecular complexity index is 570. The fourth-order valence-electron chi connectivity index (χ4n) is 1.56. The van der Waals surface area contributed by atoms with Gasteiger partial charge in [0.2, 0.25) is 5.91 Å². The van der Waals surface area contributed by atoms with Crippen LogP contribution in [0.1, 0.15) is 5.69 Å². The monoisotopic (exact) mass is 280 g/mol. The molecule has 2 aromatic rings. The van der Waals surface area contributed by atoms with Crippen LogP contribution in [0.15, 0.2) is 30.5 Å². The van der Waals surface area contributed by atoms with Crippen LogP contribution < -0.4 is 5.32 Å². The van der Waals surface area contributed by atoms with E-state index in [1.165, 1.54) is 4.68 Å². The molecule has 1 heterocycles. The van der Waals surface area contributed by atoms with Gasteiger partial charge in [-0.05, 0) is 18.2 Å². The molecule has 0 atom stereocenters. The zero-order valence-electron chi connectivity index (χ0n) is 10.1. The highest BCUT2D eigenvalue weighted by Crippen LogP contribution is 2.14. The quantitative estimate of drug-likeness (QED) is 0.860. The Morgan fingerprint density at radius 1 is 1.47 bits per heavy atom. The van der Waals surface area contributed by atoms with Crippen LogP contribution >= 0.6 is 11.6 Å². The van der Waals surface area contributed by atoms with Gasteiger partial charge >= 0.3 is 0 Å². The van der Waals surface area contributed by atoms with Gasteiger partial charge in [0.1, 0.15) is 6.54 Å².